The van der Waals surface area contributed by atoms with Crippen LogP contribution in [0.3, 0.4) is 0 Å². The number of carbonyl (C=O) groups excluding carboxylic acids is 1. The molecule has 1 fully saturated rings. The number of nitrogens with zero attached hydrogens (tertiary/aromatic N) is 5. The molecule has 1 aromatic carbocycles. The summed E-state index contributed by atoms with van der Waals surface area (Å²) < 4.78 is 10.6. The van der Waals surface area contributed by atoms with Crippen molar-refractivity contribution >= 4 is 5.91 Å². The highest BCUT2D eigenvalue weighted by Gasteiger charge is 2.22. The molecule has 152 valence electrons. The van der Waals surface area contributed by atoms with Gasteiger partial charge in [0.25, 0.3) is 0 Å². The van der Waals surface area contributed by atoms with Crippen molar-refractivity contribution < 1.29 is 14.1 Å². The van der Waals surface area contributed by atoms with E-state index in [-0.39, 0.29) is 5.91 Å². The summed E-state index contributed by atoms with van der Waals surface area (Å²) in [4.78, 5) is 23.1. The second kappa shape index (κ2) is 9.66. The molecule has 1 amide bonds. The molecule has 2 aromatic rings. The minimum absolute atomic E-state index is 0.208. The van der Waals surface area contributed by atoms with Crippen molar-refractivity contribution in [3.63, 3.8) is 0 Å². The average Bonchev–Trinajstić information content (AvgIpc) is 3.19. The van der Waals surface area contributed by atoms with E-state index in [0.717, 1.165) is 50.6 Å². The van der Waals surface area contributed by atoms with Gasteiger partial charge in [-0.3, -0.25) is 14.6 Å². The lowest BCUT2D eigenvalue weighted by Crippen LogP contribution is -2.49. The topological polar surface area (TPSA) is 74.9 Å². The molecule has 1 aromatic heterocycles. The van der Waals surface area contributed by atoms with Crippen molar-refractivity contribution in [1.29, 1.82) is 0 Å². The predicted molar refractivity (Wildman–Crippen MR) is 106 cm³/mol. The summed E-state index contributed by atoms with van der Waals surface area (Å²) in [7, 11) is 1.64. The zero-order chi connectivity index (χ0) is 19.9. The average molecular weight is 387 g/mol. The van der Waals surface area contributed by atoms with Gasteiger partial charge in [-0.15, -0.1) is 0 Å². The molecule has 0 aliphatic carbocycles. The normalized spacial score (nSPS) is 15.5. The fourth-order valence-corrected chi connectivity index (χ4v) is 3.34. The van der Waals surface area contributed by atoms with E-state index in [2.05, 4.69) is 19.9 Å². The summed E-state index contributed by atoms with van der Waals surface area (Å²) in [5.74, 6) is 2.20. The highest BCUT2D eigenvalue weighted by molar-refractivity contribution is 5.78. The minimum Gasteiger partial charge on any atom is -0.497 e. The SMILES string of the molecule is CCN(CC)C(=O)CN1CCN(Cc2nc(-c3ccc(OC)cc3)no2)CC1. The van der Waals surface area contributed by atoms with Crippen molar-refractivity contribution in [2.75, 3.05) is 52.9 Å². The van der Waals surface area contributed by atoms with Crippen LogP contribution >= 0.6 is 0 Å². The van der Waals surface area contributed by atoms with Crippen LogP contribution in [0.1, 0.15) is 19.7 Å². The Morgan fingerprint density at radius 1 is 1.11 bits per heavy atom. The maximum atomic E-state index is 12.3. The second-order valence-corrected chi connectivity index (χ2v) is 6.86. The number of carbonyl (C=O) groups is 1. The first kappa shape index (κ1) is 20.3. The number of ether oxygens (including phenoxy) is 1. The molecule has 1 aliphatic rings. The fourth-order valence-electron chi connectivity index (χ4n) is 3.34. The van der Waals surface area contributed by atoms with Crippen molar-refractivity contribution in [2.45, 2.75) is 20.4 Å². The van der Waals surface area contributed by atoms with Gasteiger partial charge in [0.1, 0.15) is 5.75 Å². The maximum Gasteiger partial charge on any atom is 0.241 e. The van der Waals surface area contributed by atoms with E-state index in [1.165, 1.54) is 0 Å². The van der Waals surface area contributed by atoms with E-state index in [1.54, 1.807) is 7.11 Å². The van der Waals surface area contributed by atoms with Gasteiger partial charge in [0, 0.05) is 44.8 Å². The molecule has 2 heterocycles. The zero-order valence-corrected chi connectivity index (χ0v) is 16.9. The first-order valence-corrected chi connectivity index (χ1v) is 9.82. The van der Waals surface area contributed by atoms with Crippen LogP contribution in [0.5, 0.6) is 5.75 Å². The molecule has 0 atom stereocenters. The van der Waals surface area contributed by atoms with E-state index in [9.17, 15) is 4.79 Å². The minimum atomic E-state index is 0.208. The molecule has 1 aliphatic heterocycles. The summed E-state index contributed by atoms with van der Waals surface area (Å²) in [5.41, 5.74) is 0.899. The summed E-state index contributed by atoms with van der Waals surface area (Å²) in [6.07, 6.45) is 0. The Kier molecular flexibility index (Phi) is 7.00. The molecule has 0 radical (unpaired) electrons. The first-order chi connectivity index (χ1) is 13.6. The van der Waals surface area contributed by atoms with E-state index < -0.39 is 0 Å². The number of likely N-dealkylation sites (N-methyl/N-ethyl adjacent to an activating group) is 1. The Balaban J connectivity index is 1.48. The molecule has 28 heavy (non-hydrogen) atoms. The largest absolute Gasteiger partial charge is 0.497 e. The molecule has 0 spiro atoms. The van der Waals surface area contributed by atoms with Crippen LogP contribution in [0.2, 0.25) is 0 Å². The van der Waals surface area contributed by atoms with Gasteiger partial charge in [-0.05, 0) is 38.1 Å². The van der Waals surface area contributed by atoms with Gasteiger partial charge in [-0.1, -0.05) is 5.16 Å². The number of aromatic nitrogens is 2. The fraction of sp³-hybridized carbons (Fsp3) is 0.550. The number of hydrogen-bond acceptors (Lipinski definition) is 7. The van der Waals surface area contributed by atoms with Crippen LogP contribution in [-0.4, -0.2) is 83.7 Å². The summed E-state index contributed by atoms with van der Waals surface area (Å²) in [6.45, 7) is 10.2. The number of benzene rings is 1. The summed E-state index contributed by atoms with van der Waals surface area (Å²) >= 11 is 0. The predicted octanol–water partition coefficient (Wildman–Crippen LogP) is 1.73. The molecule has 8 nitrogen and oxygen atoms in total. The van der Waals surface area contributed by atoms with Crippen LogP contribution in [-0.2, 0) is 11.3 Å². The quantitative estimate of drug-likeness (QED) is 0.683. The van der Waals surface area contributed by atoms with Gasteiger partial charge in [0.15, 0.2) is 0 Å². The molecule has 0 bridgehead atoms. The number of hydrogen-bond donors (Lipinski definition) is 0. The van der Waals surface area contributed by atoms with E-state index in [1.807, 2.05) is 43.0 Å². The highest BCUT2D eigenvalue weighted by atomic mass is 16.5. The zero-order valence-electron chi connectivity index (χ0n) is 16.9. The lowest BCUT2D eigenvalue weighted by Gasteiger charge is -2.34. The van der Waals surface area contributed by atoms with Crippen LogP contribution in [0.25, 0.3) is 11.4 Å². The van der Waals surface area contributed by atoms with Crippen molar-refractivity contribution in [3.8, 4) is 17.1 Å². The van der Waals surface area contributed by atoms with Gasteiger partial charge >= 0.3 is 0 Å². The summed E-state index contributed by atoms with van der Waals surface area (Å²) in [5, 5.41) is 4.09. The standard InChI is InChI=1S/C20H29N5O3/c1-4-25(5-2)19(26)15-24-12-10-23(11-13-24)14-18-21-20(22-28-18)16-6-8-17(27-3)9-7-16/h6-9H,4-5,10-15H2,1-3H3. The van der Waals surface area contributed by atoms with Crippen LogP contribution < -0.4 is 4.74 Å². The third-order valence-corrected chi connectivity index (χ3v) is 5.12. The number of rotatable bonds is 8. The van der Waals surface area contributed by atoms with Crippen molar-refractivity contribution in [3.05, 3.63) is 30.2 Å². The molecular formula is C20H29N5O3. The monoisotopic (exact) mass is 387 g/mol. The molecule has 3 rings (SSSR count). The van der Waals surface area contributed by atoms with E-state index in [0.29, 0.717) is 24.8 Å². The van der Waals surface area contributed by atoms with Crippen LogP contribution in [0, 0.1) is 0 Å². The number of methoxy groups -OCH3 is 1. The Morgan fingerprint density at radius 3 is 2.36 bits per heavy atom. The number of amides is 1. The third-order valence-electron chi connectivity index (χ3n) is 5.12. The van der Waals surface area contributed by atoms with Gasteiger partial charge in [0.2, 0.25) is 17.6 Å². The Labute approximate surface area is 166 Å². The molecule has 0 saturated carbocycles. The molecule has 8 heteroatoms. The van der Waals surface area contributed by atoms with Gasteiger partial charge in [-0.2, -0.15) is 4.98 Å². The van der Waals surface area contributed by atoms with Crippen molar-refractivity contribution in [2.24, 2.45) is 0 Å². The highest BCUT2D eigenvalue weighted by Crippen LogP contribution is 2.20. The summed E-state index contributed by atoms with van der Waals surface area (Å²) in [6, 6.07) is 7.59. The van der Waals surface area contributed by atoms with Gasteiger partial charge < -0.3 is 14.2 Å². The smallest absolute Gasteiger partial charge is 0.241 e. The molecular weight excluding hydrogens is 358 g/mol. The van der Waals surface area contributed by atoms with E-state index in [4.69, 9.17) is 9.26 Å². The van der Waals surface area contributed by atoms with E-state index >= 15 is 0 Å². The van der Waals surface area contributed by atoms with Crippen LogP contribution in [0.4, 0.5) is 0 Å². The third kappa shape index (κ3) is 5.08. The van der Waals surface area contributed by atoms with Crippen LogP contribution in [0.15, 0.2) is 28.8 Å². The lowest BCUT2D eigenvalue weighted by molar-refractivity contribution is -0.132. The first-order valence-electron chi connectivity index (χ1n) is 9.82. The number of piperazine rings is 1. The van der Waals surface area contributed by atoms with Gasteiger partial charge in [-0.25, -0.2) is 0 Å². The maximum absolute atomic E-state index is 12.3. The molecule has 1 saturated heterocycles. The second-order valence-electron chi connectivity index (χ2n) is 6.86. The Bertz CT molecular complexity index is 749. The Morgan fingerprint density at radius 2 is 1.75 bits per heavy atom. The van der Waals surface area contributed by atoms with Gasteiger partial charge in [0.05, 0.1) is 20.2 Å². The van der Waals surface area contributed by atoms with Crippen molar-refractivity contribution in [1.82, 2.24) is 24.8 Å². The molecule has 0 unspecified atom stereocenters. The molecule has 0 N–H and O–H groups in total. The Hall–Kier alpha value is -2.45. The lowest BCUT2D eigenvalue weighted by atomic mass is 10.2.